The highest BCUT2D eigenvalue weighted by molar-refractivity contribution is 5.87. The van der Waals surface area contributed by atoms with Gasteiger partial charge >= 0.3 is 12.0 Å². The number of amides is 1. The third kappa shape index (κ3) is 3.44. The Labute approximate surface area is 106 Å². The van der Waals surface area contributed by atoms with Gasteiger partial charge in [-0.05, 0) is 33.8 Å². The van der Waals surface area contributed by atoms with E-state index >= 15 is 0 Å². The zero-order valence-corrected chi connectivity index (χ0v) is 11.0. The van der Waals surface area contributed by atoms with Crippen LogP contribution in [0.25, 0.3) is 0 Å². The second-order valence-electron chi connectivity index (χ2n) is 4.12. The van der Waals surface area contributed by atoms with Gasteiger partial charge < -0.3 is 10.1 Å². The summed E-state index contributed by atoms with van der Waals surface area (Å²) in [5, 5.41) is 6.54. The SMILES string of the molecule is C=C(C)C(=O)OC(C)NC(=O)n1nc(C)cc1C. The summed E-state index contributed by atoms with van der Waals surface area (Å²) < 4.78 is 6.16. The van der Waals surface area contributed by atoms with Crippen LogP contribution in [0.1, 0.15) is 25.2 Å². The van der Waals surface area contributed by atoms with Crippen molar-refractivity contribution in [2.45, 2.75) is 33.9 Å². The van der Waals surface area contributed by atoms with E-state index < -0.39 is 18.2 Å². The minimum Gasteiger partial charge on any atom is -0.439 e. The van der Waals surface area contributed by atoms with Crippen molar-refractivity contribution >= 4 is 12.0 Å². The standard InChI is InChI=1S/C12H17N3O3/c1-7(2)11(16)18-10(5)13-12(17)15-9(4)6-8(3)14-15/h6,10H,1H2,2-5H3,(H,13,17). The molecule has 0 spiro atoms. The molecule has 0 aliphatic heterocycles. The van der Waals surface area contributed by atoms with Gasteiger partial charge in [-0.1, -0.05) is 6.58 Å². The average Bonchev–Trinajstić information content (AvgIpc) is 2.57. The van der Waals surface area contributed by atoms with E-state index in [1.165, 1.54) is 11.6 Å². The molecule has 0 saturated heterocycles. The molecule has 1 atom stereocenters. The number of hydrogen-bond donors (Lipinski definition) is 1. The minimum absolute atomic E-state index is 0.280. The number of carbonyl (C=O) groups excluding carboxylic acids is 2. The highest BCUT2D eigenvalue weighted by atomic mass is 16.6. The average molecular weight is 251 g/mol. The van der Waals surface area contributed by atoms with Gasteiger partial charge in [0.2, 0.25) is 0 Å². The van der Waals surface area contributed by atoms with Crippen LogP contribution in [-0.4, -0.2) is 28.0 Å². The first-order valence-electron chi connectivity index (χ1n) is 5.52. The lowest BCUT2D eigenvalue weighted by Gasteiger charge is -2.15. The fraction of sp³-hybridized carbons (Fsp3) is 0.417. The summed E-state index contributed by atoms with van der Waals surface area (Å²) in [7, 11) is 0. The third-order valence-corrected chi connectivity index (χ3v) is 2.16. The van der Waals surface area contributed by atoms with E-state index in [9.17, 15) is 9.59 Å². The molecule has 0 aliphatic rings. The number of aromatic nitrogens is 2. The molecule has 1 aromatic heterocycles. The van der Waals surface area contributed by atoms with Gasteiger partial charge in [-0.2, -0.15) is 9.78 Å². The van der Waals surface area contributed by atoms with Crippen LogP contribution in [-0.2, 0) is 9.53 Å². The lowest BCUT2D eigenvalue weighted by Crippen LogP contribution is -2.39. The van der Waals surface area contributed by atoms with Gasteiger partial charge in [0.05, 0.1) is 5.69 Å². The van der Waals surface area contributed by atoms with Crippen molar-refractivity contribution in [2.75, 3.05) is 0 Å². The van der Waals surface area contributed by atoms with Crippen LogP contribution in [0.2, 0.25) is 0 Å². The molecule has 1 amide bonds. The Kier molecular flexibility index (Phi) is 4.25. The van der Waals surface area contributed by atoms with Crippen molar-refractivity contribution < 1.29 is 14.3 Å². The quantitative estimate of drug-likeness (QED) is 0.502. The fourth-order valence-electron chi connectivity index (χ4n) is 1.36. The molecule has 1 unspecified atom stereocenters. The molecule has 6 nitrogen and oxygen atoms in total. The highest BCUT2D eigenvalue weighted by Crippen LogP contribution is 2.02. The van der Waals surface area contributed by atoms with Gasteiger partial charge in [0.15, 0.2) is 6.23 Å². The van der Waals surface area contributed by atoms with Crippen LogP contribution >= 0.6 is 0 Å². The largest absolute Gasteiger partial charge is 0.439 e. The maximum Gasteiger partial charge on any atom is 0.345 e. The molecular weight excluding hydrogens is 234 g/mol. The van der Waals surface area contributed by atoms with Crippen LogP contribution in [0, 0.1) is 13.8 Å². The second-order valence-corrected chi connectivity index (χ2v) is 4.12. The maximum absolute atomic E-state index is 11.8. The monoisotopic (exact) mass is 251 g/mol. The number of hydrogen-bond acceptors (Lipinski definition) is 4. The van der Waals surface area contributed by atoms with E-state index in [1.54, 1.807) is 26.8 Å². The summed E-state index contributed by atoms with van der Waals surface area (Å²) in [4.78, 5) is 23.1. The van der Waals surface area contributed by atoms with Crippen LogP contribution < -0.4 is 5.32 Å². The molecule has 0 aliphatic carbocycles. The summed E-state index contributed by atoms with van der Waals surface area (Å²) in [5.41, 5.74) is 1.74. The molecule has 18 heavy (non-hydrogen) atoms. The third-order valence-electron chi connectivity index (χ3n) is 2.16. The summed E-state index contributed by atoms with van der Waals surface area (Å²) in [5.74, 6) is -0.545. The first kappa shape index (κ1) is 14.0. The van der Waals surface area contributed by atoms with E-state index in [0.717, 1.165) is 5.69 Å². The van der Waals surface area contributed by atoms with Gasteiger partial charge in [0.1, 0.15) is 0 Å². The topological polar surface area (TPSA) is 73.2 Å². The summed E-state index contributed by atoms with van der Waals surface area (Å²) in [6, 6.07) is 1.34. The molecule has 0 aromatic carbocycles. The van der Waals surface area contributed by atoms with Gasteiger partial charge in [0.25, 0.3) is 0 Å². The van der Waals surface area contributed by atoms with E-state index in [4.69, 9.17) is 4.74 Å². The Balaban J connectivity index is 2.62. The molecule has 0 fully saturated rings. The number of ether oxygens (including phenoxy) is 1. The first-order valence-corrected chi connectivity index (χ1v) is 5.52. The Morgan fingerprint density at radius 3 is 2.56 bits per heavy atom. The molecule has 0 radical (unpaired) electrons. The van der Waals surface area contributed by atoms with Crippen LogP contribution in [0.15, 0.2) is 18.2 Å². The second kappa shape index (κ2) is 5.48. The molecule has 6 heteroatoms. The highest BCUT2D eigenvalue weighted by Gasteiger charge is 2.15. The number of rotatable bonds is 3. The van der Waals surface area contributed by atoms with Gasteiger partial charge in [-0.15, -0.1) is 0 Å². The van der Waals surface area contributed by atoms with Crippen molar-refractivity contribution in [3.8, 4) is 0 Å². The van der Waals surface area contributed by atoms with Crippen LogP contribution in [0.5, 0.6) is 0 Å². The van der Waals surface area contributed by atoms with Gasteiger partial charge in [-0.3, -0.25) is 0 Å². The molecule has 1 rings (SSSR count). The van der Waals surface area contributed by atoms with Gasteiger partial charge in [-0.25, -0.2) is 9.59 Å². The summed E-state index contributed by atoms with van der Waals surface area (Å²) >= 11 is 0. The number of esters is 1. The predicted molar refractivity (Wildman–Crippen MR) is 66.0 cm³/mol. The van der Waals surface area contributed by atoms with E-state index in [2.05, 4.69) is 17.0 Å². The van der Waals surface area contributed by atoms with Crippen molar-refractivity contribution in [1.82, 2.24) is 15.1 Å². The van der Waals surface area contributed by atoms with E-state index in [0.29, 0.717) is 5.69 Å². The lowest BCUT2D eigenvalue weighted by atomic mass is 10.4. The normalized spacial score (nSPS) is 11.8. The molecule has 0 bridgehead atoms. The number of nitrogens with one attached hydrogen (secondary N) is 1. The van der Waals surface area contributed by atoms with Crippen molar-refractivity contribution in [1.29, 1.82) is 0 Å². The van der Waals surface area contributed by atoms with Crippen molar-refractivity contribution in [2.24, 2.45) is 0 Å². The zero-order valence-electron chi connectivity index (χ0n) is 11.0. The number of aryl methyl sites for hydroxylation is 2. The maximum atomic E-state index is 11.8. The molecule has 1 aromatic rings. The molecule has 1 heterocycles. The predicted octanol–water partition coefficient (Wildman–Crippen LogP) is 1.52. The summed E-state index contributed by atoms with van der Waals surface area (Å²) in [6.07, 6.45) is -0.745. The fourth-order valence-corrected chi connectivity index (χ4v) is 1.36. The van der Waals surface area contributed by atoms with Crippen molar-refractivity contribution in [3.63, 3.8) is 0 Å². The number of carbonyl (C=O) groups is 2. The van der Waals surface area contributed by atoms with E-state index in [1.807, 2.05) is 0 Å². The van der Waals surface area contributed by atoms with Gasteiger partial charge in [0, 0.05) is 11.3 Å². The lowest BCUT2D eigenvalue weighted by molar-refractivity contribution is -0.144. The Hall–Kier alpha value is -2.11. The Bertz CT molecular complexity index is 491. The zero-order chi connectivity index (χ0) is 13.9. The van der Waals surface area contributed by atoms with E-state index in [-0.39, 0.29) is 5.57 Å². The molecule has 1 N–H and O–H groups in total. The smallest absolute Gasteiger partial charge is 0.345 e. The summed E-state index contributed by atoms with van der Waals surface area (Å²) in [6.45, 7) is 10.1. The molecule has 98 valence electrons. The van der Waals surface area contributed by atoms with Crippen molar-refractivity contribution in [3.05, 3.63) is 29.6 Å². The minimum atomic E-state index is -0.745. The van der Waals surface area contributed by atoms with Crippen LogP contribution in [0.3, 0.4) is 0 Å². The number of nitrogens with zero attached hydrogens (tertiary/aromatic N) is 2. The molecule has 0 saturated carbocycles. The first-order chi connectivity index (χ1) is 8.31. The Morgan fingerprint density at radius 2 is 2.11 bits per heavy atom. The molecular formula is C12H17N3O3. The Morgan fingerprint density at radius 1 is 1.50 bits per heavy atom. The van der Waals surface area contributed by atoms with Crippen LogP contribution in [0.4, 0.5) is 4.79 Å².